The Morgan fingerprint density at radius 1 is 1.07 bits per heavy atom. The maximum atomic E-state index is 10.1. The van der Waals surface area contributed by atoms with Gasteiger partial charge in [0.05, 0.1) is 12.2 Å². The van der Waals surface area contributed by atoms with Crippen LogP contribution in [-0.2, 0) is 0 Å². The van der Waals surface area contributed by atoms with Crippen LogP contribution in [0.1, 0.15) is 79.6 Å². The summed E-state index contributed by atoms with van der Waals surface area (Å²) in [6, 6.07) is 0. The molecule has 0 aromatic rings. The molecule has 2 N–H and O–H groups in total. The first kappa shape index (κ1) is 23.5. The number of hydrogen-bond acceptors (Lipinski definition) is 2. The van der Waals surface area contributed by atoms with E-state index in [0.29, 0.717) is 41.9 Å². The van der Waals surface area contributed by atoms with Crippen molar-refractivity contribution in [2.75, 3.05) is 0 Å². The first-order valence-corrected chi connectivity index (χ1v) is 12.3. The van der Waals surface area contributed by atoms with Gasteiger partial charge in [-0.25, -0.2) is 0 Å². The minimum absolute atomic E-state index is 0.385. The highest BCUT2D eigenvalue weighted by molar-refractivity contribution is 5.38. The molecule has 0 spiro atoms. The van der Waals surface area contributed by atoms with E-state index >= 15 is 0 Å². The van der Waals surface area contributed by atoms with Gasteiger partial charge in [-0.2, -0.15) is 0 Å². The average Bonchev–Trinajstić information content (AvgIpc) is 3.04. The van der Waals surface area contributed by atoms with Crippen molar-refractivity contribution in [3.05, 3.63) is 47.6 Å². The van der Waals surface area contributed by atoms with Crippen molar-refractivity contribution < 1.29 is 10.2 Å². The van der Waals surface area contributed by atoms with E-state index in [2.05, 4.69) is 65.5 Å². The van der Waals surface area contributed by atoms with E-state index in [9.17, 15) is 10.2 Å². The molecule has 0 aliphatic heterocycles. The summed E-state index contributed by atoms with van der Waals surface area (Å²) in [6.45, 7) is 16.0. The average molecular weight is 413 g/mol. The van der Waals surface area contributed by atoms with E-state index in [1.807, 2.05) is 0 Å². The molecule has 7 atom stereocenters. The number of fused-ring (bicyclic) bond motifs is 1. The van der Waals surface area contributed by atoms with Crippen molar-refractivity contribution in [3.8, 4) is 0 Å². The molecule has 0 aromatic heterocycles. The Bertz CT molecular complexity index is 712. The van der Waals surface area contributed by atoms with E-state index in [4.69, 9.17) is 0 Å². The fraction of sp³-hybridized carbons (Fsp3) is 0.714. The van der Waals surface area contributed by atoms with Crippen LogP contribution in [0.25, 0.3) is 0 Å². The highest BCUT2D eigenvalue weighted by atomic mass is 16.3. The van der Waals surface area contributed by atoms with Gasteiger partial charge in [0.1, 0.15) is 0 Å². The Labute approximate surface area is 184 Å². The molecule has 3 rings (SSSR count). The smallest absolute Gasteiger partial charge is 0.0811 e. The van der Waals surface area contributed by atoms with Gasteiger partial charge >= 0.3 is 0 Å². The second-order valence-electron chi connectivity index (χ2n) is 11.0. The zero-order valence-electron chi connectivity index (χ0n) is 19.9. The van der Waals surface area contributed by atoms with E-state index < -0.39 is 12.2 Å². The number of rotatable bonds is 5. The lowest BCUT2D eigenvalue weighted by Crippen LogP contribution is -2.35. The van der Waals surface area contributed by atoms with Crippen molar-refractivity contribution >= 4 is 0 Å². The number of aliphatic hydroxyl groups excluding tert-OH is 2. The summed E-state index contributed by atoms with van der Waals surface area (Å²) in [6.07, 6.45) is 15.8. The lowest BCUT2D eigenvalue weighted by atomic mass is 9.61. The fourth-order valence-corrected chi connectivity index (χ4v) is 6.32. The molecule has 0 radical (unpaired) electrons. The van der Waals surface area contributed by atoms with Crippen molar-refractivity contribution in [3.63, 3.8) is 0 Å². The zero-order chi connectivity index (χ0) is 22.1. The second kappa shape index (κ2) is 9.57. The first-order chi connectivity index (χ1) is 14.1. The van der Waals surface area contributed by atoms with Gasteiger partial charge in [0, 0.05) is 6.42 Å². The molecular weight excluding hydrogens is 368 g/mol. The maximum Gasteiger partial charge on any atom is 0.0811 e. The van der Waals surface area contributed by atoms with Gasteiger partial charge < -0.3 is 10.2 Å². The van der Waals surface area contributed by atoms with Crippen LogP contribution in [-0.4, -0.2) is 22.4 Å². The topological polar surface area (TPSA) is 40.5 Å². The molecule has 3 aliphatic carbocycles. The molecule has 0 heterocycles. The van der Waals surface area contributed by atoms with Crippen LogP contribution in [0.15, 0.2) is 47.6 Å². The van der Waals surface area contributed by atoms with Crippen molar-refractivity contribution in [1.82, 2.24) is 0 Å². The molecule has 2 nitrogen and oxygen atoms in total. The Kier molecular flexibility index (Phi) is 7.51. The van der Waals surface area contributed by atoms with Crippen LogP contribution in [0.4, 0.5) is 0 Å². The zero-order valence-corrected chi connectivity index (χ0v) is 19.9. The van der Waals surface area contributed by atoms with Crippen LogP contribution in [0.2, 0.25) is 0 Å². The summed E-state index contributed by atoms with van der Waals surface area (Å²) >= 11 is 0. The summed E-state index contributed by atoms with van der Waals surface area (Å²) in [5.41, 5.74) is 3.77. The van der Waals surface area contributed by atoms with Gasteiger partial charge in [-0.3, -0.25) is 0 Å². The Morgan fingerprint density at radius 2 is 1.80 bits per heavy atom. The van der Waals surface area contributed by atoms with Crippen LogP contribution in [0.5, 0.6) is 0 Å². The molecular formula is C28H44O2. The Hall–Kier alpha value is -1.12. The van der Waals surface area contributed by atoms with Gasteiger partial charge in [-0.1, -0.05) is 71.1 Å². The lowest BCUT2D eigenvalue weighted by molar-refractivity contribution is 0.0862. The van der Waals surface area contributed by atoms with Gasteiger partial charge in [0.15, 0.2) is 0 Å². The molecule has 0 unspecified atom stereocenters. The largest absolute Gasteiger partial charge is 0.393 e. The van der Waals surface area contributed by atoms with Crippen LogP contribution < -0.4 is 0 Å². The molecule has 0 bridgehead atoms. The molecule has 3 aliphatic rings. The predicted molar refractivity (Wildman–Crippen MR) is 127 cm³/mol. The highest BCUT2D eigenvalue weighted by Crippen LogP contribution is 2.59. The Balaban J connectivity index is 1.76. The maximum absolute atomic E-state index is 10.1. The minimum Gasteiger partial charge on any atom is -0.393 e. The van der Waals surface area contributed by atoms with Crippen molar-refractivity contribution in [2.24, 2.45) is 35.0 Å². The Morgan fingerprint density at radius 3 is 2.50 bits per heavy atom. The molecule has 168 valence electrons. The van der Waals surface area contributed by atoms with Crippen LogP contribution >= 0.6 is 0 Å². The SMILES string of the molecule is C=C1/C(=C/C=C2\CCC[C@]3(C)[C@@H]([C@H](C)/C=C/[C@H](C)C(C)C)CC[C@@H]23)C[C@@H](O)C[C@H]1O. The molecule has 0 amide bonds. The van der Waals surface area contributed by atoms with Crippen molar-refractivity contribution in [1.29, 1.82) is 0 Å². The van der Waals surface area contributed by atoms with Crippen molar-refractivity contribution in [2.45, 2.75) is 91.8 Å². The number of aliphatic hydroxyl groups is 2. The molecule has 3 saturated carbocycles. The summed E-state index contributed by atoms with van der Waals surface area (Å²) in [4.78, 5) is 0. The monoisotopic (exact) mass is 412 g/mol. The molecule has 0 saturated heterocycles. The van der Waals surface area contributed by atoms with Gasteiger partial charge in [0.25, 0.3) is 0 Å². The molecule has 30 heavy (non-hydrogen) atoms. The second-order valence-corrected chi connectivity index (χ2v) is 11.0. The third-order valence-electron chi connectivity index (χ3n) is 8.71. The first-order valence-electron chi connectivity index (χ1n) is 12.3. The van der Waals surface area contributed by atoms with E-state index in [1.165, 1.54) is 32.1 Å². The fourth-order valence-electron chi connectivity index (χ4n) is 6.32. The summed E-state index contributed by atoms with van der Waals surface area (Å²) in [5, 5.41) is 20.2. The standard InChI is InChI=1S/C28H44O2/c1-18(2)19(3)9-10-20(4)25-13-14-26-22(8-7-15-28(25,26)6)11-12-23-16-24(29)17-27(30)21(23)5/h9-12,18-20,24-27,29-30H,5,7-8,13-17H2,1-4,6H3/b10-9+,22-11+,23-12+/t19-,20+,24+,25+,26-,27+,28+/m0/s1. The summed E-state index contributed by atoms with van der Waals surface area (Å²) < 4.78 is 0. The van der Waals surface area contributed by atoms with Gasteiger partial charge in [0.2, 0.25) is 0 Å². The van der Waals surface area contributed by atoms with Crippen LogP contribution in [0.3, 0.4) is 0 Å². The molecule has 2 heteroatoms. The quantitative estimate of drug-likeness (QED) is 0.499. The third kappa shape index (κ3) is 4.86. The third-order valence-corrected chi connectivity index (χ3v) is 8.71. The van der Waals surface area contributed by atoms with Gasteiger partial charge in [-0.15, -0.1) is 0 Å². The normalized spacial score (nSPS) is 39.8. The van der Waals surface area contributed by atoms with E-state index in [0.717, 1.165) is 17.1 Å². The molecule has 0 aromatic carbocycles. The van der Waals surface area contributed by atoms with E-state index in [1.54, 1.807) is 5.57 Å². The summed E-state index contributed by atoms with van der Waals surface area (Å²) in [5.74, 6) is 3.38. The number of allylic oxidation sites excluding steroid dienone is 5. The lowest BCUT2D eigenvalue weighted by Gasteiger charge is -2.44. The summed E-state index contributed by atoms with van der Waals surface area (Å²) in [7, 11) is 0. The van der Waals surface area contributed by atoms with Gasteiger partial charge in [-0.05, 0) is 84.7 Å². The highest BCUT2D eigenvalue weighted by Gasteiger charge is 2.50. The van der Waals surface area contributed by atoms with E-state index in [-0.39, 0.29) is 0 Å². The minimum atomic E-state index is -0.605. The molecule has 3 fully saturated rings. The number of hydrogen-bond donors (Lipinski definition) is 2. The predicted octanol–water partition coefficient (Wildman–Crippen LogP) is 6.61. The van der Waals surface area contributed by atoms with Crippen LogP contribution in [0, 0.1) is 35.0 Å².